The van der Waals surface area contributed by atoms with E-state index < -0.39 is 17.1 Å². The number of benzene rings is 2. The van der Waals surface area contributed by atoms with Crippen molar-refractivity contribution in [3.63, 3.8) is 0 Å². The lowest BCUT2D eigenvalue weighted by Gasteiger charge is -2.12. The fourth-order valence-corrected chi connectivity index (χ4v) is 4.23. The second-order valence-electron chi connectivity index (χ2n) is 7.65. The molecule has 4 rings (SSSR count). The molecule has 8 nitrogen and oxygen atoms in total. The predicted molar refractivity (Wildman–Crippen MR) is 131 cm³/mol. The van der Waals surface area contributed by atoms with Gasteiger partial charge in [-0.2, -0.15) is 0 Å². The fourth-order valence-electron chi connectivity index (χ4n) is 3.42. The summed E-state index contributed by atoms with van der Waals surface area (Å²) < 4.78 is 15.6. The van der Waals surface area contributed by atoms with Gasteiger partial charge in [0.05, 0.1) is 5.75 Å². The zero-order chi connectivity index (χ0) is 24.4. The van der Waals surface area contributed by atoms with Crippen LogP contribution in [-0.2, 0) is 25.3 Å². The highest BCUT2D eigenvalue weighted by Gasteiger charge is 2.19. The molecule has 1 amide bonds. The second-order valence-corrected chi connectivity index (χ2v) is 8.62. The maximum absolute atomic E-state index is 13.4. The standard InChI is InChI=1S/C24H22FN5O3S/c1-4-14-5-11-17(12-6-14)26-18(31)13-34-22-19-21(29(2)24(33)30(3)23(19)32)27-20(28-22)15-7-9-16(25)10-8-15/h5-12H,4,13H2,1-3H3,(H,26,31). The number of fused-ring (bicyclic) bond motifs is 1. The molecule has 1 N–H and O–H groups in total. The summed E-state index contributed by atoms with van der Waals surface area (Å²) in [7, 11) is 2.88. The molecule has 2 aromatic heterocycles. The van der Waals surface area contributed by atoms with Crippen LogP contribution in [0, 0.1) is 5.82 Å². The number of aromatic nitrogens is 4. The topological polar surface area (TPSA) is 98.9 Å². The highest BCUT2D eigenvalue weighted by Crippen LogP contribution is 2.26. The summed E-state index contributed by atoms with van der Waals surface area (Å²) in [6, 6.07) is 13.1. The molecule has 0 spiro atoms. The minimum atomic E-state index is -0.554. The number of aryl methyl sites for hydroxylation is 2. The first-order valence-electron chi connectivity index (χ1n) is 10.5. The Balaban J connectivity index is 1.72. The van der Waals surface area contributed by atoms with Gasteiger partial charge in [0.1, 0.15) is 16.2 Å². The average Bonchev–Trinajstić information content (AvgIpc) is 2.85. The molecule has 0 aliphatic rings. The van der Waals surface area contributed by atoms with Crippen molar-refractivity contribution in [2.24, 2.45) is 14.1 Å². The number of anilines is 1. The number of halogens is 1. The van der Waals surface area contributed by atoms with Crippen LogP contribution in [0.1, 0.15) is 12.5 Å². The molecule has 4 aromatic rings. The number of amides is 1. The molecule has 10 heteroatoms. The number of nitrogens with one attached hydrogen (secondary N) is 1. The molecule has 0 radical (unpaired) electrons. The van der Waals surface area contributed by atoms with Gasteiger partial charge in [0.15, 0.2) is 11.5 Å². The van der Waals surface area contributed by atoms with Gasteiger partial charge in [0.2, 0.25) is 5.91 Å². The van der Waals surface area contributed by atoms with Crippen LogP contribution in [0.25, 0.3) is 22.4 Å². The molecule has 34 heavy (non-hydrogen) atoms. The lowest BCUT2D eigenvalue weighted by Crippen LogP contribution is -2.37. The third-order valence-corrected chi connectivity index (χ3v) is 6.33. The molecule has 0 saturated carbocycles. The summed E-state index contributed by atoms with van der Waals surface area (Å²) >= 11 is 1.07. The molecule has 0 aliphatic heterocycles. The van der Waals surface area contributed by atoms with Crippen molar-refractivity contribution in [3.8, 4) is 11.4 Å². The van der Waals surface area contributed by atoms with Gasteiger partial charge < -0.3 is 5.32 Å². The Hall–Kier alpha value is -3.79. The van der Waals surface area contributed by atoms with Crippen molar-refractivity contribution in [1.29, 1.82) is 0 Å². The van der Waals surface area contributed by atoms with Crippen molar-refractivity contribution >= 4 is 34.4 Å². The Morgan fingerprint density at radius 1 is 1.00 bits per heavy atom. The lowest BCUT2D eigenvalue weighted by molar-refractivity contribution is -0.113. The molecule has 0 fully saturated rings. The molecule has 2 heterocycles. The van der Waals surface area contributed by atoms with Crippen LogP contribution in [-0.4, -0.2) is 30.8 Å². The number of hydrogen-bond donors (Lipinski definition) is 1. The Morgan fingerprint density at radius 2 is 1.68 bits per heavy atom. The summed E-state index contributed by atoms with van der Waals surface area (Å²) in [5.74, 6) is -0.486. The van der Waals surface area contributed by atoms with Gasteiger partial charge in [-0.3, -0.25) is 18.7 Å². The zero-order valence-electron chi connectivity index (χ0n) is 18.8. The lowest BCUT2D eigenvalue weighted by atomic mass is 10.1. The highest BCUT2D eigenvalue weighted by molar-refractivity contribution is 8.00. The van der Waals surface area contributed by atoms with Crippen LogP contribution in [0.4, 0.5) is 10.1 Å². The molecule has 2 aromatic carbocycles. The van der Waals surface area contributed by atoms with E-state index in [9.17, 15) is 18.8 Å². The van der Waals surface area contributed by atoms with Crippen molar-refractivity contribution in [3.05, 3.63) is 80.7 Å². The summed E-state index contributed by atoms with van der Waals surface area (Å²) in [5.41, 5.74) is 1.39. The van der Waals surface area contributed by atoms with Gasteiger partial charge >= 0.3 is 5.69 Å². The maximum Gasteiger partial charge on any atom is 0.332 e. The SMILES string of the molecule is CCc1ccc(NC(=O)CSc2nc(-c3ccc(F)cc3)nc3c2c(=O)n(C)c(=O)n3C)cc1. The van der Waals surface area contributed by atoms with E-state index in [-0.39, 0.29) is 33.5 Å². The second kappa shape index (κ2) is 9.60. The minimum Gasteiger partial charge on any atom is -0.325 e. The largest absolute Gasteiger partial charge is 0.332 e. The van der Waals surface area contributed by atoms with Gasteiger partial charge in [0, 0.05) is 25.3 Å². The van der Waals surface area contributed by atoms with E-state index in [1.807, 2.05) is 24.3 Å². The van der Waals surface area contributed by atoms with E-state index >= 15 is 0 Å². The summed E-state index contributed by atoms with van der Waals surface area (Å²) in [5, 5.41) is 3.23. The first kappa shape index (κ1) is 23.4. The third kappa shape index (κ3) is 4.62. The number of carbonyl (C=O) groups excluding carboxylic acids is 1. The molecule has 0 saturated heterocycles. The van der Waals surface area contributed by atoms with Crippen molar-refractivity contribution < 1.29 is 9.18 Å². The number of hydrogen-bond acceptors (Lipinski definition) is 6. The summed E-state index contributed by atoms with van der Waals surface area (Å²) in [4.78, 5) is 46.9. The van der Waals surface area contributed by atoms with Crippen molar-refractivity contribution in [2.45, 2.75) is 18.4 Å². The van der Waals surface area contributed by atoms with E-state index in [1.54, 1.807) is 0 Å². The monoisotopic (exact) mass is 479 g/mol. The third-order valence-electron chi connectivity index (χ3n) is 5.36. The van der Waals surface area contributed by atoms with Crippen LogP contribution >= 0.6 is 11.8 Å². The van der Waals surface area contributed by atoms with Crippen molar-refractivity contribution in [1.82, 2.24) is 19.1 Å². The molecule has 0 atom stereocenters. The Bertz CT molecular complexity index is 1500. The quantitative estimate of drug-likeness (QED) is 0.337. The smallest absolute Gasteiger partial charge is 0.325 e. The number of rotatable bonds is 6. The van der Waals surface area contributed by atoms with Crippen molar-refractivity contribution in [2.75, 3.05) is 11.1 Å². The van der Waals surface area contributed by atoms with Crippen LogP contribution in [0.5, 0.6) is 0 Å². The van der Waals surface area contributed by atoms with Gasteiger partial charge in [-0.25, -0.2) is 19.2 Å². The van der Waals surface area contributed by atoms with E-state index in [0.29, 0.717) is 11.3 Å². The van der Waals surface area contributed by atoms with E-state index in [0.717, 1.165) is 28.3 Å². The van der Waals surface area contributed by atoms with Gasteiger partial charge in [-0.05, 0) is 48.4 Å². The average molecular weight is 480 g/mol. The van der Waals surface area contributed by atoms with Crippen LogP contribution < -0.4 is 16.6 Å². The zero-order valence-corrected chi connectivity index (χ0v) is 19.6. The number of nitrogens with zero attached hydrogens (tertiary/aromatic N) is 4. The summed E-state index contributed by atoms with van der Waals surface area (Å²) in [6.07, 6.45) is 0.902. The Kier molecular flexibility index (Phi) is 6.60. The Labute approximate surface area is 198 Å². The normalized spacial score (nSPS) is 11.1. The molecule has 0 unspecified atom stereocenters. The first-order valence-corrected chi connectivity index (χ1v) is 11.5. The molecular formula is C24H22FN5O3S. The molecule has 174 valence electrons. The predicted octanol–water partition coefficient (Wildman–Crippen LogP) is 3.13. The van der Waals surface area contributed by atoms with Crippen LogP contribution in [0.2, 0.25) is 0 Å². The molecule has 0 bridgehead atoms. The molecule has 0 aliphatic carbocycles. The van der Waals surface area contributed by atoms with Gasteiger partial charge in [-0.1, -0.05) is 30.8 Å². The molecular weight excluding hydrogens is 457 g/mol. The number of thioether (sulfide) groups is 1. The van der Waals surface area contributed by atoms with E-state index in [1.165, 1.54) is 42.9 Å². The van der Waals surface area contributed by atoms with Crippen LogP contribution in [0.3, 0.4) is 0 Å². The number of carbonyl (C=O) groups is 1. The highest BCUT2D eigenvalue weighted by atomic mass is 32.2. The van der Waals surface area contributed by atoms with E-state index in [4.69, 9.17) is 0 Å². The fraction of sp³-hybridized carbons (Fsp3) is 0.208. The Morgan fingerprint density at radius 3 is 2.32 bits per heavy atom. The van der Waals surface area contributed by atoms with Gasteiger partial charge in [-0.15, -0.1) is 0 Å². The summed E-state index contributed by atoms with van der Waals surface area (Å²) in [6.45, 7) is 2.05. The van der Waals surface area contributed by atoms with E-state index in [2.05, 4.69) is 22.2 Å². The van der Waals surface area contributed by atoms with Gasteiger partial charge in [0.25, 0.3) is 5.56 Å². The maximum atomic E-state index is 13.4. The first-order chi connectivity index (χ1) is 16.3. The minimum absolute atomic E-state index is 0.0174. The van der Waals surface area contributed by atoms with Crippen LogP contribution in [0.15, 0.2) is 63.1 Å².